The van der Waals surface area contributed by atoms with Crippen LogP contribution in [0.4, 0.5) is 5.82 Å². The van der Waals surface area contributed by atoms with Gasteiger partial charge in [-0.05, 0) is 44.0 Å². The Labute approximate surface area is 84.9 Å². The third kappa shape index (κ3) is 2.45. The maximum Gasteiger partial charge on any atom is 0.125 e. The number of hydrogen-bond acceptors (Lipinski definition) is 3. The summed E-state index contributed by atoms with van der Waals surface area (Å²) in [5.41, 5.74) is 1.21. The van der Waals surface area contributed by atoms with Gasteiger partial charge in [0.25, 0.3) is 0 Å². The van der Waals surface area contributed by atoms with Gasteiger partial charge < -0.3 is 10.6 Å². The van der Waals surface area contributed by atoms with Gasteiger partial charge in [-0.2, -0.15) is 0 Å². The molecule has 1 aromatic rings. The predicted octanol–water partition coefficient (Wildman–Crippen LogP) is 1.41. The number of nitrogens with zero attached hydrogens (tertiary/aromatic N) is 1. The molecule has 14 heavy (non-hydrogen) atoms. The quantitative estimate of drug-likeness (QED) is 0.758. The highest BCUT2D eigenvalue weighted by atomic mass is 15.0. The molecule has 1 aliphatic heterocycles. The van der Waals surface area contributed by atoms with Crippen LogP contribution in [0.15, 0.2) is 18.3 Å². The van der Waals surface area contributed by atoms with Crippen molar-refractivity contribution in [2.45, 2.75) is 13.3 Å². The number of pyridine rings is 1. The van der Waals surface area contributed by atoms with Gasteiger partial charge in [0.05, 0.1) is 0 Å². The van der Waals surface area contributed by atoms with Crippen molar-refractivity contribution in [3.63, 3.8) is 0 Å². The Morgan fingerprint density at radius 3 is 3.14 bits per heavy atom. The molecule has 0 bridgehead atoms. The lowest BCUT2D eigenvalue weighted by Crippen LogP contribution is -2.17. The summed E-state index contributed by atoms with van der Waals surface area (Å²) in [6.07, 6.45) is 3.17. The Morgan fingerprint density at radius 2 is 2.50 bits per heavy atom. The highest BCUT2D eigenvalue weighted by molar-refractivity contribution is 5.35. The van der Waals surface area contributed by atoms with Gasteiger partial charge in [-0.15, -0.1) is 0 Å². The number of anilines is 1. The summed E-state index contributed by atoms with van der Waals surface area (Å²) in [4.78, 5) is 4.31. The van der Waals surface area contributed by atoms with E-state index in [1.54, 1.807) is 0 Å². The van der Waals surface area contributed by atoms with Crippen LogP contribution in [0, 0.1) is 12.8 Å². The van der Waals surface area contributed by atoms with E-state index in [4.69, 9.17) is 0 Å². The third-order valence-corrected chi connectivity index (χ3v) is 2.65. The number of rotatable bonds is 3. The molecule has 3 nitrogen and oxygen atoms in total. The summed E-state index contributed by atoms with van der Waals surface area (Å²) in [5.74, 6) is 1.75. The zero-order chi connectivity index (χ0) is 9.80. The number of nitrogens with one attached hydrogen (secondary N) is 2. The molecule has 2 N–H and O–H groups in total. The summed E-state index contributed by atoms with van der Waals surface area (Å²) in [6, 6.07) is 4.12. The van der Waals surface area contributed by atoms with Gasteiger partial charge in [0.2, 0.25) is 0 Å². The second kappa shape index (κ2) is 4.42. The molecule has 1 aromatic heterocycles. The SMILES string of the molecule is Cc1ccc(NC[C@@H]2CCNC2)nc1. The molecule has 1 atom stereocenters. The third-order valence-electron chi connectivity index (χ3n) is 2.65. The van der Waals surface area contributed by atoms with E-state index in [0.29, 0.717) is 0 Å². The first-order chi connectivity index (χ1) is 6.84. The van der Waals surface area contributed by atoms with Crippen LogP contribution in [0.5, 0.6) is 0 Å². The zero-order valence-electron chi connectivity index (χ0n) is 8.59. The van der Waals surface area contributed by atoms with Gasteiger partial charge in [0.1, 0.15) is 5.82 Å². The van der Waals surface area contributed by atoms with E-state index in [0.717, 1.165) is 31.4 Å². The molecule has 2 heterocycles. The van der Waals surface area contributed by atoms with Gasteiger partial charge in [-0.25, -0.2) is 4.98 Å². The van der Waals surface area contributed by atoms with Crippen molar-refractivity contribution in [2.75, 3.05) is 25.0 Å². The van der Waals surface area contributed by atoms with Crippen LogP contribution in [0.2, 0.25) is 0 Å². The first-order valence-electron chi connectivity index (χ1n) is 5.22. The minimum Gasteiger partial charge on any atom is -0.370 e. The van der Waals surface area contributed by atoms with Crippen molar-refractivity contribution < 1.29 is 0 Å². The molecule has 2 rings (SSSR count). The van der Waals surface area contributed by atoms with Gasteiger partial charge in [-0.3, -0.25) is 0 Å². The van der Waals surface area contributed by atoms with E-state index in [-0.39, 0.29) is 0 Å². The monoisotopic (exact) mass is 191 g/mol. The van der Waals surface area contributed by atoms with Crippen LogP contribution in [-0.2, 0) is 0 Å². The average Bonchev–Trinajstić information content (AvgIpc) is 2.70. The zero-order valence-corrected chi connectivity index (χ0v) is 8.59. The molecule has 0 radical (unpaired) electrons. The van der Waals surface area contributed by atoms with E-state index in [2.05, 4.69) is 28.6 Å². The van der Waals surface area contributed by atoms with Crippen LogP contribution in [-0.4, -0.2) is 24.6 Å². The van der Waals surface area contributed by atoms with Crippen molar-refractivity contribution in [2.24, 2.45) is 5.92 Å². The summed E-state index contributed by atoms with van der Waals surface area (Å²) in [6.45, 7) is 5.38. The lowest BCUT2D eigenvalue weighted by Gasteiger charge is -2.10. The molecule has 0 saturated carbocycles. The largest absolute Gasteiger partial charge is 0.370 e. The fourth-order valence-electron chi connectivity index (χ4n) is 1.71. The highest BCUT2D eigenvalue weighted by Gasteiger charge is 2.13. The molecule has 3 heteroatoms. The Kier molecular flexibility index (Phi) is 2.99. The lowest BCUT2D eigenvalue weighted by atomic mass is 10.1. The van der Waals surface area contributed by atoms with E-state index < -0.39 is 0 Å². The summed E-state index contributed by atoms with van der Waals surface area (Å²) >= 11 is 0. The molecule has 1 fully saturated rings. The number of aromatic nitrogens is 1. The van der Waals surface area contributed by atoms with E-state index in [1.165, 1.54) is 12.0 Å². The van der Waals surface area contributed by atoms with Crippen molar-refractivity contribution in [3.8, 4) is 0 Å². The molecular weight excluding hydrogens is 174 g/mol. The molecule has 1 saturated heterocycles. The van der Waals surface area contributed by atoms with Crippen molar-refractivity contribution in [3.05, 3.63) is 23.9 Å². The first kappa shape index (κ1) is 9.46. The maximum atomic E-state index is 4.31. The number of hydrogen-bond donors (Lipinski definition) is 2. The molecule has 0 aliphatic carbocycles. The van der Waals surface area contributed by atoms with Crippen LogP contribution in [0.25, 0.3) is 0 Å². The summed E-state index contributed by atoms with van der Waals surface area (Å²) < 4.78 is 0. The Hall–Kier alpha value is -1.09. The minimum absolute atomic E-state index is 0.762. The molecule has 76 valence electrons. The minimum atomic E-state index is 0.762. The highest BCUT2D eigenvalue weighted by Crippen LogP contribution is 2.09. The topological polar surface area (TPSA) is 37.0 Å². The van der Waals surface area contributed by atoms with Crippen molar-refractivity contribution in [1.82, 2.24) is 10.3 Å². The molecule has 0 aromatic carbocycles. The van der Waals surface area contributed by atoms with Gasteiger partial charge in [0.15, 0.2) is 0 Å². The van der Waals surface area contributed by atoms with Crippen LogP contribution >= 0.6 is 0 Å². The molecular formula is C11H17N3. The van der Waals surface area contributed by atoms with Gasteiger partial charge in [0, 0.05) is 12.7 Å². The Morgan fingerprint density at radius 1 is 1.57 bits per heavy atom. The Bertz CT molecular complexity index is 275. The van der Waals surface area contributed by atoms with Crippen LogP contribution < -0.4 is 10.6 Å². The molecule has 0 spiro atoms. The van der Waals surface area contributed by atoms with Crippen molar-refractivity contribution >= 4 is 5.82 Å². The fourth-order valence-corrected chi connectivity index (χ4v) is 1.71. The molecule has 0 unspecified atom stereocenters. The molecule has 0 amide bonds. The summed E-state index contributed by atoms with van der Waals surface area (Å²) in [5, 5.41) is 6.72. The van der Waals surface area contributed by atoms with E-state index >= 15 is 0 Å². The predicted molar refractivity (Wildman–Crippen MR) is 58.4 cm³/mol. The summed E-state index contributed by atoms with van der Waals surface area (Å²) in [7, 11) is 0. The second-order valence-corrected chi connectivity index (χ2v) is 3.96. The van der Waals surface area contributed by atoms with E-state index in [9.17, 15) is 0 Å². The maximum absolute atomic E-state index is 4.31. The number of aryl methyl sites for hydroxylation is 1. The van der Waals surface area contributed by atoms with Crippen molar-refractivity contribution in [1.29, 1.82) is 0 Å². The standard InChI is InChI=1S/C11H17N3/c1-9-2-3-11(13-6-9)14-8-10-4-5-12-7-10/h2-3,6,10,12H,4-5,7-8H2,1H3,(H,13,14)/t10-/m1/s1. The normalized spacial score (nSPS) is 21.1. The van der Waals surface area contributed by atoms with Crippen LogP contribution in [0.1, 0.15) is 12.0 Å². The van der Waals surface area contributed by atoms with Crippen LogP contribution in [0.3, 0.4) is 0 Å². The molecule has 1 aliphatic rings. The fraction of sp³-hybridized carbons (Fsp3) is 0.545. The van der Waals surface area contributed by atoms with E-state index in [1.807, 2.05) is 12.3 Å². The van der Waals surface area contributed by atoms with Gasteiger partial charge >= 0.3 is 0 Å². The Balaban J connectivity index is 1.82. The second-order valence-electron chi connectivity index (χ2n) is 3.96. The van der Waals surface area contributed by atoms with Gasteiger partial charge in [-0.1, -0.05) is 6.07 Å². The smallest absolute Gasteiger partial charge is 0.125 e. The first-order valence-corrected chi connectivity index (χ1v) is 5.22. The lowest BCUT2D eigenvalue weighted by molar-refractivity contribution is 0.614. The average molecular weight is 191 g/mol.